The molecular formula is C40H32P2. The third-order valence-corrected chi connectivity index (χ3v) is 12.9. The topological polar surface area (TPSA) is 0 Å². The van der Waals surface area contributed by atoms with Crippen molar-refractivity contribution < 1.29 is 0 Å². The van der Waals surface area contributed by atoms with Crippen molar-refractivity contribution in [3.63, 3.8) is 0 Å². The molecule has 2 heteroatoms. The summed E-state index contributed by atoms with van der Waals surface area (Å²) in [5.74, 6) is 0. The molecule has 0 spiro atoms. The summed E-state index contributed by atoms with van der Waals surface area (Å²) >= 11 is 0. The van der Waals surface area contributed by atoms with Crippen molar-refractivity contribution in [3.05, 3.63) is 174 Å². The Morgan fingerprint density at radius 1 is 0.357 bits per heavy atom. The number of benzene rings is 6. The van der Waals surface area contributed by atoms with E-state index in [1.165, 1.54) is 65.2 Å². The lowest BCUT2D eigenvalue weighted by atomic mass is 10.1. The average molecular weight is 575 g/mol. The first kappa shape index (κ1) is 26.8. The lowest BCUT2D eigenvalue weighted by molar-refractivity contribution is 1.49. The van der Waals surface area contributed by atoms with Gasteiger partial charge in [0.05, 0.1) is 0 Å². The molecule has 0 saturated carbocycles. The molecule has 2 unspecified atom stereocenters. The Kier molecular flexibility index (Phi) is 7.21. The smallest absolute Gasteiger partial charge is 0.00983 e. The van der Waals surface area contributed by atoms with E-state index in [1.54, 1.807) is 0 Å². The SMILES string of the molecule is C=C1c2cc(P(c3ccccc3)c3ccc(C)cc3)ccc2-c2ccc(P(c3ccccc3)c3ccc(C)cc3)cc21. The molecule has 0 amide bonds. The minimum absolute atomic E-state index is 0.678. The van der Waals surface area contributed by atoms with E-state index in [4.69, 9.17) is 0 Å². The van der Waals surface area contributed by atoms with Crippen LogP contribution in [0.5, 0.6) is 0 Å². The van der Waals surface area contributed by atoms with E-state index in [0.717, 1.165) is 5.57 Å². The molecule has 0 aromatic heterocycles. The number of rotatable bonds is 6. The zero-order chi connectivity index (χ0) is 28.6. The Hall–Kier alpha value is -4.08. The van der Waals surface area contributed by atoms with Gasteiger partial charge in [0, 0.05) is 0 Å². The van der Waals surface area contributed by atoms with Gasteiger partial charge in [0.2, 0.25) is 0 Å². The Morgan fingerprint density at radius 3 is 1.07 bits per heavy atom. The normalized spacial score (nSPS) is 13.3. The number of hydrogen-bond acceptors (Lipinski definition) is 0. The van der Waals surface area contributed by atoms with Crippen molar-refractivity contribution >= 4 is 53.2 Å². The first-order valence-corrected chi connectivity index (χ1v) is 17.1. The first-order valence-electron chi connectivity index (χ1n) is 14.4. The third-order valence-electron chi connectivity index (χ3n) is 8.08. The van der Waals surface area contributed by atoms with Gasteiger partial charge in [0.25, 0.3) is 0 Å². The predicted octanol–water partition coefficient (Wildman–Crippen LogP) is 7.86. The summed E-state index contributed by atoms with van der Waals surface area (Å²) in [5.41, 5.74) is 8.80. The number of fused-ring (bicyclic) bond motifs is 3. The molecule has 2 atom stereocenters. The lowest BCUT2D eigenvalue weighted by Crippen LogP contribution is -2.21. The van der Waals surface area contributed by atoms with Crippen LogP contribution in [-0.4, -0.2) is 0 Å². The quantitative estimate of drug-likeness (QED) is 0.177. The van der Waals surface area contributed by atoms with Gasteiger partial charge in [-0.15, -0.1) is 0 Å². The number of aryl methyl sites for hydroxylation is 2. The first-order chi connectivity index (χ1) is 20.6. The minimum atomic E-state index is -0.678. The van der Waals surface area contributed by atoms with E-state index in [9.17, 15) is 0 Å². The molecule has 1 aliphatic rings. The van der Waals surface area contributed by atoms with Crippen LogP contribution in [0.25, 0.3) is 16.7 Å². The maximum Gasteiger partial charge on any atom is -0.00983 e. The molecule has 0 saturated heterocycles. The maximum absolute atomic E-state index is 4.67. The molecule has 1 aliphatic carbocycles. The van der Waals surface area contributed by atoms with E-state index in [0.29, 0.717) is 0 Å². The monoisotopic (exact) mass is 574 g/mol. The molecular weight excluding hydrogens is 542 g/mol. The fourth-order valence-corrected chi connectivity index (χ4v) is 10.5. The van der Waals surface area contributed by atoms with Crippen LogP contribution in [0.3, 0.4) is 0 Å². The molecule has 0 aliphatic heterocycles. The fourth-order valence-electron chi connectivity index (χ4n) is 5.89. The van der Waals surface area contributed by atoms with Crippen molar-refractivity contribution in [3.8, 4) is 11.1 Å². The van der Waals surface area contributed by atoms with Crippen molar-refractivity contribution in [2.45, 2.75) is 13.8 Å². The highest BCUT2D eigenvalue weighted by atomic mass is 31.1. The van der Waals surface area contributed by atoms with Gasteiger partial charge in [-0.2, -0.15) is 0 Å². The van der Waals surface area contributed by atoms with Crippen LogP contribution >= 0.6 is 15.8 Å². The standard InChI is InChI=1S/C40H32P2/c1-28-14-18-33(19-15-28)41(31-10-6-4-7-11-31)35-22-24-37-38-25-23-36(27-40(38)30(3)39(37)26-35)42(32-12-8-5-9-13-32)34-20-16-29(2)17-21-34/h4-27H,3H2,1-2H3. The van der Waals surface area contributed by atoms with Gasteiger partial charge in [0.15, 0.2) is 0 Å². The molecule has 0 radical (unpaired) electrons. The van der Waals surface area contributed by atoms with E-state index >= 15 is 0 Å². The van der Waals surface area contributed by atoms with Gasteiger partial charge in [0.1, 0.15) is 0 Å². The van der Waals surface area contributed by atoms with Crippen LogP contribution in [-0.2, 0) is 0 Å². The van der Waals surface area contributed by atoms with Gasteiger partial charge in [-0.3, -0.25) is 0 Å². The van der Waals surface area contributed by atoms with Gasteiger partial charge in [-0.05, 0) is 101 Å². The minimum Gasteiger partial charge on any atom is -0.0905 e. The van der Waals surface area contributed by atoms with Crippen molar-refractivity contribution in [1.29, 1.82) is 0 Å². The Labute approximate surface area is 251 Å². The van der Waals surface area contributed by atoms with Crippen LogP contribution in [0.15, 0.2) is 152 Å². The van der Waals surface area contributed by atoms with Crippen LogP contribution in [0.1, 0.15) is 22.3 Å². The zero-order valence-corrected chi connectivity index (χ0v) is 25.7. The van der Waals surface area contributed by atoms with E-state index in [-0.39, 0.29) is 0 Å². The Bertz CT molecular complexity index is 1750. The van der Waals surface area contributed by atoms with Crippen LogP contribution in [0.4, 0.5) is 0 Å². The largest absolute Gasteiger partial charge is 0.0905 e. The molecule has 0 heterocycles. The molecule has 202 valence electrons. The van der Waals surface area contributed by atoms with Crippen LogP contribution < -0.4 is 31.8 Å². The fraction of sp³-hybridized carbons (Fsp3) is 0.0500. The third kappa shape index (κ3) is 4.97. The summed E-state index contributed by atoms with van der Waals surface area (Å²) < 4.78 is 0. The molecule has 0 N–H and O–H groups in total. The molecule has 0 bridgehead atoms. The average Bonchev–Trinajstić information content (AvgIpc) is 3.31. The van der Waals surface area contributed by atoms with Crippen molar-refractivity contribution in [2.24, 2.45) is 0 Å². The molecule has 7 rings (SSSR count). The second-order valence-corrected chi connectivity index (χ2v) is 15.4. The number of hydrogen-bond donors (Lipinski definition) is 0. The maximum atomic E-state index is 4.67. The van der Waals surface area contributed by atoms with Gasteiger partial charge in [-0.1, -0.05) is 151 Å². The molecule has 0 fully saturated rings. The van der Waals surface area contributed by atoms with Crippen molar-refractivity contribution in [1.82, 2.24) is 0 Å². The Morgan fingerprint density at radius 2 is 0.690 bits per heavy atom. The highest BCUT2D eigenvalue weighted by Gasteiger charge is 2.27. The predicted molar refractivity (Wildman–Crippen MR) is 187 cm³/mol. The van der Waals surface area contributed by atoms with E-state index in [1.807, 2.05) is 0 Å². The summed E-state index contributed by atoms with van der Waals surface area (Å²) in [6, 6.07) is 54.2. The highest BCUT2D eigenvalue weighted by Crippen LogP contribution is 2.46. The second-order valence-electron chi connectivity index (χ2n) is 11.0. The van der Waals surface area contributed by atoms with Gasteiger partial charge < -0.3 is 0 Å². The molecule has 6 aromatic carbocycles. The summed E-state index contributed by atoms with van der Waals surface area (Å²) in [5, 5.41) is 8.20. The van der Waals surface area contributed by atoms with Gasteiger partial charge >= 0.3 is 0 Å². The molecule has 42 heavy (non-hydrogen) atoms. The van der Waals surface area contributed by atoms with E-state index in [2.05, 4.69) is 166 Å². The van der Waals surface area contributed by atoms with Crippen LogP contribution in [0, 0.1) is 13.8 Å². The highest BCUT2D eigenvalue weighted by molar-refractivity contribution is 7.80. The molecule has 0 nitrogen and oxygen atoms in total. The second kappa shape index (κ2) is 11.3. The lowest BCUT2D eigenvalue weighted by Gasteiger charge is -2.20. The summed E-state index contributed by atoms with van der Waals surface area (Å²) in [6.45, 7) is 8.98. The van der Waals surface area contributed by atoms with Crippen molar-refractivity contribution in [2.75, 3.05) is 0 Å². The summed E-state index contributed by atoms with van der Waals surface area (Å²) in [4.78, 5) is 0. The van der Waals surface area contributed by atoms with Gasteiger partial charge in [-0.25, -0.2) is 0 Å². The summed E-state index contributed by atoms with van der Waals surface area (Å²) in [6.07, 6.45) is 0. The van der Waals surface area contributed by atoms with E-state index < -0.39 is 15.8 Å². The van der Waals surface area contributed by atoms with Crippen LogP contribution in [0.2, 0.25) is 0 Å². The zero-order valence-electron chi connectivity index (χ0n) is 24.0. The summed E-state index contributed by atoms with van der Waals surface area (Å²) in [7, 11) is -1.36. The molecule has 6 aromatic rings. The Balaban J connectivity index is 1.31.